The highest BCUT2D eigenvalue weighted by molar-refractivity contribution is 6.05. The number of carbonyl (C=O) groups is 3. The summed E-state index contributed by atoms with van der Waals surface area (Å²) in [5.41, 5.74) is 2.31. The largest absolute Gasteiger partial charge is 0.426 e. The van der Waals surface area contributed by atoms with Crippen molar-refractivity contribution < 1.29 is 19.1 Å². The molecule has 0 bridgehead atoms. The highest BCUT2D eigenvalue weighted by Gasteiger charge is 2.47. The molecule has 2 aliphatic rings. The van der Waals surface area contributed by atoms with Gasteiger partial charge in [-0.15, -0.1) is 0 Å². The first-order chi connectivity index (χ1) is 12.4. The van der Waals surface area contributed by atoms with Crippen molar-refractivity contribution in [3.8, 4) is 5.75 Å². The molecule has 5 nitrogen and oxygen atoms in total. The molecule has 1 aromatic carbocycles. The molecule has 5 heteroatoms. The van der Waals surface area contributed by atoms with Crippen LogP contribution >= 0.6 is 0 Å². The van der Waals surface area contributed by atoms with Gasteiger partial charge in [-0.3, -0.25) is 19.3 Å². The molecule has 1 heterocycles. The van der Waals surface area contributed by atoms with Crippen LogP contribution in [0.5, 0.6) is 5.75 Å². The molecule has 140 valence electrons. The molecule has 1 aliphatic carbocycles. The third-order valence-electron chi connectivity index (χ3n) is 5.57. The van der Waals surface area contributed by atoms with Crippen LogP contribution in [0.3, 0.4) is 0 Å². The molecule has 0 spiro atoms. The Hall–Kier alpha value is -2.17. The standard InChI is InChI=1S/C21H27NO4/c1-13(2)16-9-8-15(12-14(16)3)26-19(23)10-11-22-20(24)17-6-4-5-7-18(17)21(22)25/h8-9,12-13,17-18H,4-7,10-11H2,1-3H3/t17-,18-/m1/s1. The average Bonchev–Trinajstić information content (AvgIpc) is 2.84. The molecule has 1 saturated heterocycles. The minimum atomic E-state index is -0.419. The molecule has 26 heavy (non-hydrogen) atoms. The van der Waals surface area contributed by atoms with E-state index in [2.05, 4.69) is 13.8 Å². The number of carbonyl (C=O) groups excluding carboxylic acids is 3. The maximum atomic E-state index is 12.4. The molecule has 0 aromatic heterocycles. The molecule has 0 radical (unpaired) electrons. The molecule has 0 N–H and O–H groups in total. The van der Waals surface area contributed by atoms with E-state index in [1.165, 1.54) is 10.5 Å². The van der Waals surface area contributed by atoms with E-state index < -0.39 is 5.97 Å². The molecule has 1 saturated carbocycles. The summed E-state index contributed by atoms with van der Waals surface area (Å²) in [4.78, 5) is 38.3. The predicted molar refractivity (Wildman–Crippen MR) is 97.7 cm³/mol. The van der Waals surface area contributed by atoms with E-state index in [-0.39, 0.29) is 36.6 Å². The summed E-state index contributed by atoms with van der Waals surface area (Å²) in [6, 6.07) is 5.62. The second kappa shape index (κ2) is 7.60. The summed E-state index contributed by atoms with van der Waals surface area (Å²) in [6.45, 7) is 6.36. The summed E-state index contributed by atoms with van der Waals surface area (Å²) in [5, 5.41) is 0. The second-order valence-corrected chi connectivity index (χ2v) is 7.72. The van der Waals surface area contributed by atoms with Crippen LogP contribution in [0.4, 0.5) is 0 Å². The van der Waals surface area contributed by atoms with Crippen LogP contribution in [0.1, 0.15) is 63.0 Å². The zero-order valence-corrected chi connectivity index (χ0v) is 15.8. The zero-order chi connectivity index (χ0) is 18.8. The molecule has 1 aromatic rings. The number of likely N-dealkylation sites (tertiary alicyclic amines) is 1. The van der Waals surface area contributed by atoms with Gasteiger partial charge in [-0.25, -0.2) is 0 Å². The fraction of sp³-hybridized carbons (Fsp3) is 0.571. The quantitative estimate of drug-likeness (QED) is 0.459. The van der Waals surface area contributed by atoms with Crippen molar-refractivity contribution in [2.24, 2.45) is 11.8 Å². The Balaban J connectivity index is 1.57. The first-order valence-electron chi connectivity index (χ1n) is 9.55. The Bertz CT molecular complexity index is 701. The number of benzene rings is 1. The minimum Gasteiger partial charge on any atom is -0.426 e. The number of aryl methyl sites for hydroxylation is 1. The number of rotatable bonds is 5. The van der Waals surface area contributed by atoms with Gasteiger partial charge < -0.3 is 4.74 Å². The van der Waals surface area contributed by atoms with Crippen LogP contribution in [0.15, 0.2) is 18.2 Å². The van der Waals surface area contributed by atoms with E-state index >= 15 is 0 Å². The molecule has 3 rings (SSSR count). The molecule has 0 unspecified atom stereocenters. The first-order valence-corrected chi connectivity index (χ1v) is 9.55. The number of hydrogen-bond donors (Lipinski definition) is 0. The van der Waals surface area contributed by atoms with Crippen molar-refractivity contribution in [3.63, 3.8) is 0 Å². The Morgan fingerprint density at radius 2 is 1.77 bits per heavy atom. The molecule has 1 aliphatic heterocycles. The van der Waals surface area contributed by atoms with Gasteiger partial charge in [-0.05, 0) is 48.9 Å². The van der Waals surface area contributed by atoms with Crippen molar-refractivity contribution in [3.05, 3.63) is 29.3 Å². The van der Waals surface area contributed by atoms with Gasteiger partial charge in [-0.2, -0.15) is 0 Å². The maximum absolute atomic E-state index is 12.4. The van der Waals surface area contributed by atoms with Crippen molar-refractivity contribution in [2.75, 3.05) is 6.54 Å². The third kappa shape index (κ3) is 3.67. The normalized spacial score (nSPS) is 22.7. The second-order valence-electron chi connectivity index (χ2n) is 7.72. The van der Waals surface area contributed by atoms with Gasteiger partial charge >= 0.3 is 5.97 Å². The number of nitrogens with zero attached hydrogens (tertiary/aromatic N) is 1. The monoisotopic (exact) mass is 357 g/mol. The SMILES string of the molecule is Cc1cc(OC(=O)CCN2C(=O)[C@@H]3CCCC[C@H]3C2=O)ccc1C(C)C. The summed E-state index contributed by atoms with van der Waals surface area (Å²) in [5.74, 6) is -0.0523. The lowest BCUT2D eigenvalue weighted by atomic mass is 9.81. The Morgan fingerprint density at radius 3 is 2.31 bits per heavy atom. The van der Waals surface area contributed by atoms with Crippen LogP contribution in [-0.4, -0.2) is 29.2 Å². The highest BCUT2D eigenvalue weighted by Crippen LogP contribution is 2.38. The van der Waals surface area contributed by atoms with Crippen LogP contribution in [0.25, 0.3) is 0 Å². The van der Waals surface area contributed by atoms with E-state index in [1.54, 1.807) is 6.07 Å². The van der Waals surface area contributed by atoms with E-state index in [4.69, 9.17) is 4.74 Å². The lowest BCUT2D eigenvalue weighted by molar-refractivity contribution is -0.141. The van der Waals surface area contributed by atoms with Gasteiger partial charge in [0.05, 0.1) is 18.3 Å². The van der Waals surface area contributed by atoms with Crippen LogP contribution in [0, 0.1) is 18.8 Å². The van der Waals surface area contributed by atoms with Crippen molar-refractivity contribution in [1.82, 2.24) is 4.90 Å². The van der Waals surface area contributed by atoms with Gasteiger partial charge in [0.25, 0.3) is 0 Å². The Kier molecular flexibility index (Phi) is 5.44. The number of amides is 2. The molecule has 2 atom stereocenters. The van der Waals surface area contributed by atoms with Crippen molar-refractivity contribution in [1.29, 1.82) is 0 Å². The maximum Gasteiger partial charge on any atom is 0.312 e. The summed E-state index contributed by atoms with van der Waals surface area (Å²) >= 11 is 0. The Morgan fingerprint density at radius 1 is 1.15 bits per heavy atom. The molecular formula is C21H27NO4. The van der Waals surface area contributed by atoms with Gasteiger partial charge in [0, 0.05) is 6.54 Å². The lowest BCUT2D eigenvalue weighted by Crippen LogP contribution is -2.33. The third-order valence-corrected chi connectivity index (χ3v) is 5.57. The van der Waals surface area contributed by atoms with Gasteiger partial charge in [0.1, 0.15) is 5.75 Å². The molecule has 2 fully saturated rings. The van der Waals surface area contributed by atoms with Crippen molar-refractivity contribution in [2.45, 2.75) is 58.8 Å². The summed E-state index contributed by atoms with van der Waals surface area (Å²) in [6.07, 6.45) is 3.61. The van der Waals surface area contributed by atoms with Crippen LogP contribution in [0.2, 0.25) is 0 Å². The number of ether oxygens (including phenoxy) is 1. The fourth-order valence-electron chi connectivity index (χ4n) is 4.20. The van der Waals surface area contributed by atoms with Gasteiger partial charge in [0.15, 0.2) is 0 Å². The number of fused-ring (bicyclic) bond motifs is 1. The lowest BCUT2D eigenvalue weighted by Gasteiger charge is -2.19. The number of imide groups is 1. The van der Waals surface area contributed by atoms with E-state index in [9.17, 15) is 14.4 Å². The van der Waals surface area contributed by atoms with E-state index in [1.807, 2.05) is 19.1 Å². The summed E-state index contributed by atoms with van der Waals surface area (Å²) in [7, 11) is 0. The topological polar surface area (TPSA) is 63.7 Å². The summed E-state index contributed by atoms with van der Waals surface area (Å²) < 4.78 is 5.39. The minimum absolute atomic E-state index is 0.0297. The predicted octanol–water partition coefficient (Wildman–Crippen LogP) is 3.59. The fourth-order valence-corrected chi connectivity index (χ4v) is 4.20. The highest BCUT2D eigenvalue weighted by atomic mass is 16.5. The Labute approximate surface area is 154 Å². The van der Waals surface area contributed by atoms with Crippen LogP contribution in [-0.2, 0) is 14.4 Å². The zero-order valence-electron chi connectivity index (χ0n) is 15.8. The van der Waals surface area contributed by atoms with Crippen molar-refractivity contribution >= 4 is 17.8 Å². The first kappa shape index (κ1) is 18.6. The number of hydrogen-bond acceptors (Lipinski definition) is 4. The van der Waals surface area contributed by atoms with Gasteiger partial charge in [-0.1, -0.05) is 32.8 Å². The number of esters is 1. The molecule has 2 amide bonds. The molecular weight excluding hydrogens is 330 g/mol. The van der Waals surface area contributed by atoms with E-state index in [0.717, 1.165) is 31.2 Å². The van der Waals surface area contributed by atoms with Gasteiger partial charge in [0.2, 0.25) is 11.8 Å². The van der Waals surface area contributed by atoms with Crippen LogP contribution < -0.4 is 4.74 Å². The van der Waals surface area contributed by atoms with E-state index in [0.29, 0.717) is 11.7 Å². The average molecular weight is 357 g/mol. The smallest absolute Gasteiger partial charge is 0.312 e.